The van der Waals surface area contributed by atoms with Crippen molar-refractivity contribution < 1.29 is 9.84 Å². The molecule has 1 aromatic rings. The SMILES string of the molecule is COC(C)C(C)(O)Cc1ccc(C(C)(C)C)cc1. The van der Waals surface area contributed by atoms with Gasteiger partial charge in [0.05, 0.1) is 11.7 Å². The van der Waals surface area contributed by atoms with Crippen molar-refractivity contribution in [1.29, 1.82) is 0 Å². The molecule has 0 heterocycles. The lowest BCUT2D eigenvalue weighted by Crippen LogP contribution is -2.40. The quantitative estimate of drug-likeness (QED) is 0.888. The van der Waals surface area contributed by atoms with Crippen molar-refractivity contribution in [3.05, 3.63) is 35.4 Å². The van der Waals surface area contributed by atoms with E-state index in [-0.39, 0.29) is 11.5 Å². The Kier molecular flexibility index (Phi) is 4.57. The Morgan fingerprint density at radius 1 is 1.11 bits per heavy atom. The van der Waals surface area contributed by atoms with E-state index in [0.717, 1.165) is 5.56 Å². The maximum Gasteiger partial charge on any atom is 0.0917 e. The summed E-state index contributed by atoms with van der Waals surface area (Å²) < 4.78 is 5.22. The third-order valence-electron chi connectivity index (χ3n) is 3.61. The molecule has 0 aromatic heterocycles. The second kappa shape index (κ2) is 5.41. The number of ether oxygens (including phenoxy) is 1. The topological polar surface area (TPSA) is 29.5 Å². The van der Waals surface area contributed by atoms with Crippen molar-refractivity contribution in [3.63, 3.8) is 0 Å². The Labute approximate surface area is 111 Å². The minimum Gasteiger partial charge on any atom is -0.387 e. The maximum absolute atomic E-state index is 10.3. The molecule has 0 bridgehead atoms. The van der Waals surface area contributed by atoms with Gasteiger partial charge in [0.25, 0.3) is 0 Å². The molecule has 0 saturated heterocycles. The van der Waals surface area contributed by atoms with E-state index in [1.54, 1.807) is 7.11 Å². The predicted molar refractivity (Wildman–Crippen MR) is 75.9 cm³/mol. The van der Waals surface area contributed by atoms with Gasteiger partial charge in [-0.3, -0.25) is 0 Å². The largest absolute Gasteiger partial charge is 0.387 e. The molecule has 0 aliphatic carbocycles. The van der Waals surface area contributed by atoms with Gasteiger partial charge in [0.1, 0.15) is 0 Å². The highest BCUT2D eigenvalue weighted by Crippen LogP contribution is 2.24. The summed E-state index contributed by atoms with van der Waals surface area (Å²) in [6, 6.07) is 8.47. The number of methoxy groups -OCH3 is 1. The fraction of sp³-hybridized carbons (Fsp3) is 0.625. The number of benzene rings is 1. The van der Waals surface area contributed by atoms with Crippen LogP contribution in [-0.2, 0) is 16.6 Å². The van der Waals surface area contributed by atoms with E-state index >= 15 is 0 Å². The number of rotatable bonds is 4. The van der Waals surface area contributed by atoms with Gasteiger partial charge in [0.2, 0.25) is 0 Å². The Hall–Kier alpha value is -0.860. The van der Waals surface area contributed by atoms with Gasteiger partial charge in [-0.15, -0.1) is 0 Å². The van der Waals surface area contributed by atoms with E-state index in [1.165, 1.54) is 5.56 Å². The Balaban J connectivity index is 2.81. The molecular weight excluding hydrogens is 224 g/mol. The van der Waals surface area contributed by atoms with Crippen molar-refractivity contribution in [3.8, 4) is 0 Å². The van der Waals surface area contributed by atoms with Crippen molar-refractivity contribution in [2.24, 2.45) is 0 Å². The van der Waals surface area contributed by atoms with Crippen LogP contribution in [-0.4, -0.2) is 23.9 Å². The number of hydrogen-bond acceptors (Lipinski definition) is 2. The van der Waals surface area contributed by atoms with E-state index in [9.17, 15) is 5.11 Å². The summed E-state index contributed by atoms with van der Waals surface area (Å²) >= 11 is 0. The number of aliphatic hydroxyl groups is 1. The van der Waals surface area contributed by atoms with Gasteiger partial charge in [-0.05, 0) is 30.4 Å². The monoisotopic (exact) mass is 250 g/mol. The smallest absolute Gasteiger partial charge is 0.0917 e. The van der Waals surface area contributed by atoms with Crippen LogP contribution in [0.15, 0.2) is 24.3 Å². The second-order valence-electron chi connectivity index (χ2n) is 6.36. The van der Waals surface area contributed by atoms with E-state index in [0.29, 0.717) is 6.42 Å². The summed E-state index contributed by atoms with van der Waals surface area (Å²) in [7, 11) is 1.63. The molecule has 18 heavy (non-hydrogen) atoms. The minimum atomic E-state index is -0.835. The van der Waals surface area contributed by atoms with Crippen molar-refractivity contribution in [2.75, 3.05) is 7.11 Å². The normalized spacial score (nSPS) is 17.3. The van der Waals surface area contributed by atoms with Gasteiger partial charge in [-0.2, -0.15) is 0 Å². The lowest BCUT2D eigenvalue weighted by molar-refractivity contribution is -0.0715. The second-order valence-corrected chi connectivity index (χ2v) is 6.36. The van der Waals surface area contributed by atoms with Crippen LogP contribution in [0.2, 0.25) is 0 Å². The highest BCUT2D eigenvalue weighted by molar-refractivity contribution is 5.28. The first-order valence-corrected chi connectivity index (χ1v) is 6.51. The van der Waals surface area contributed by atoms with Crippen LogP contribution >= 0.6 is 0 Å². The molecule has 2 nitrogen and oxygen atoms in total. The summed E-state index contributed by atoms with van der Waals surface area (Å²) in [5.41, 5.74) is 1.78. The van der Waals surface area contributed by atoms with Gasteiger partial charge >= 0.3 is 0 Å². The Morgan fingerprint density at radius 2 is 1.61 bits per heavy atom. The zero-order valence-electron chi connectivity index (χ0n) is 12.4. The van der Waals surface area contributed by atoms with Crippen LogP contribution < -0.4 is 0 Å². The van der Waals surface area contributed by atoms with E-state index < -0.39 is 5.60 Å². The lowest BCUT2D eigenvalue weighted by Gasteiger charge is -2.29. The van der Waals surface area contributed by atoms with Gasteiger partial charge in [0.15, 0.2) is 0 Å². The third-order valence-corrected chi connectivity index (χ3v) is 3.61. The summed E-state index contributed by atoms with van der Waals surface area (Å²) in [6.07, 6.45) is 0.423. The van der Waals surface area contributed by atoms with E-state index in [2.05, 4.69) is 45.0 Å². The molecule has 0 amide bonds. The highest BCUT2D eigenvalue weighted by Gasteiger charge is 2.28. The summed E-state index contributed by atoms with van der Waals surface area (Å²) in [5.74, 6) is 0. The molecular formula is C16H26O2. The highest BCUT2D eigenvalue weighted by atomic mass is 16.5. The summed E-state index contributed by atoms with van der Waals surface area (Å²) in [4.78, 5) is 0. The van der Waals surface area contributed by atoms with Crippen LogP contribution in [0.1, 0.15) is 45.7 Å². The minimum absolute atomic E-state index is 0.168. The lowest BCUT2D eigenvalue weighted by atomic mass is 9.85. The zero-order chi connectivity index (χ0) is 14.0. The zero-order valence-corrected chi connectivity index (χ0v) is 12.4. The fourth-order valence-electron chi connectivity index (χ4n) is 1.93. The van der Waals surface area contributed by atoms with Crippen molar-refractivity contribution in [2.45, 2.75) is 58.2 Å². The first-order valence-electron chi connectivity index (χ1n) is 6.51. The molecule has 1 N–H and O–H groups in total. The van der Waals surface area contributed by atoms with Crippen LogP contribution in [0.4, 0.5) is 0 Å². The molecule has 0 saturated carbocycles. The molecule has 102 valence electrons. The van der Waals surface area contributed by atoms with Crippen molar-refractivity contribution >= 4 is 0 Å². The molecule has 2 heteroatoms. The third kappa shape index (κ3) is 3.82. The molecule has 1 rings (SSSR count). The molecule has 2 atom stereocenters. The van der Waals surface area contributed by atoms with Crippen LogP contribution in [0.25, 0.3) is 0 Å². The summed E-state index contributed by atoms with van der Waals surface area (Å²) in [5, 5.41) is 10.3. The van der Waals surface area contributed by atoms with Crippen LogP contribution in [0, 0.1) is 0 Å². The summed E-state index contributed by atoms with van der Waals surface area (Å²) in [6.45, 7) is 10.3. The molecule has 1 aromatic carbocycles. The van der Waals surface area contributed by atoms with Gasteiger partial charge < -0.3 is 9.84 Å². The molecule has 0 radical (unpaired) electrons. The van der Waals surface area contributed by atoms with E-state index in [1.807, 2.05) is 13.8 Å². The van der Waals surface area contributed by atoms with E-state index in [4.69, 9.17) is 4.74 Å². The van der Waals surface area contributed by atoms with Gasteiger partial charge in [-0.25, -0.2) is 0 Å². The molecule has 2 unspecified atom stereocenters. The molecule has 0 aliphatic heterocycles. The molecule has 0 fully saturated rings. The maximum atomic E-state index is 10.3. The fourth-order valence-corrected chi connectivity index (χ4v) is 1.93. The average molecular weight is 250 g/mol. The Bertz CT molecular complexity index is 371. The van der Waals surface area contributed by atoms with Crippen LogP contribution in [0.3, 0.4) is 0 Å². The molecule has 0 aliphatic rings. The number of hydrogen-bond donors (Lipinski definition) is 1. The van der Waals surface area contributed by atoms with Crippen molar-refractivity contribution in [1.82, 2.24) is 0 Å². The van der Waals surface area contributed by atoms with Crippen LogP contribution in [0.5, 0.6) is 0 Å². The van der Waals surface area contributed by atoms with Gasteiger partial charge in [0, 0.05) is 13.5 Å². The predicted octanol–water partition coefficient (Wildman–Crippen LogP) is 3.31. The first kappa shape index (κ1) is 15.2. The molecule has 0 spiro atoms. The average Bonchev–Trinajstić information content (AvgIpc) is 2.26. The van der Waals surface area contributed by atoms with Gasteiger partial charge in [-0.1, -0.05) is 45.0 Å². The Morgan fingerprint density at radius 3 is 2.00 bits per heavy atom. The standard InChI is InChI=1S/C16H26O2/c1-12(18-6)16(5,17)11-13-7-9-14(10-8-13)15(2,3)4/h7-10,12,17H,11H2,1-6H3. The first-order chi connectivity index (χ1) is 8.16.